The summed E-state index contributed by atoms with van der Waals surface area (Å²) in [6.07, 6.45) is 0.715. The highest BCUT2D eigenvalue weighted by Crippen LogP contribution is 2.38. The number of methoxy groups -OCH3 is 1. The number of rotatable bonds is 5. The Bertz CT molecular complexity index is 822. The van der Waals surface area contributed by atoms with Gasteiger partial charge in [0.05, 0.1) is 17.8 Å². The fourth-order valence-corrected chi connectivity index (χ4v) is 4.31. The molecule has 2 rings (SSSR count). The Labute approximate surface area is 146 Å². The summed E-state index contributed by atoms with van der Waals surface area (Å²) in [5, 5.41) is 0.0271. The maximum atomic E-state index is 12.9. The Hall–Kier alpha value is -1.43. The Kier molecular flexibility index (Phi) is 5.45. The number of sulfonamides is 1. The van der Waals surface area contributed by atoms with Crippen LogP contribution >= 0.6 is 23.2 Å². The van der Waals surface area contributed by atoms with Crippen LogP contribution in [0.1, 0.15) is 12.5 Å². The average Bonchev–Trinajstić information content (AvgIpc) is 2.56. The summed E-state index contributed by atoms with van der Waals surface area (Å²) in [7, 11) is -0.903. The van der Waals surface area contributed by atoms with E-state index < -0.39 is 10.0 Å². The van der Waals surface area contributed by atoms with Gasteiger partial charge in [0.1, 0.15) is 15.7 Å². The first-order valence-corrected chi connectivity index (χ1v) is 9.13. The molecule has 0 amide bonds. The third-order valence-electron chi connectivity index (χ3n) is 3.58. The molecule has 2 aromatic carbocycles. The van der Waals surface area contributed by atoms with E-state index in [0.29, 0.717) is 17.9 Å². The zero-order chi connectivity index (χ0) is 17.2. The number of hydrogen-bond acceptors (Lipinski definition) is 3. The molecule has 0 saturated heterocycles. The molecule has 0 heterocycles. The SMILES string of the molecule is CCc1ccccc1N(C)S(=O)(=O)c1ccc(OC)c(Cl)c1Cl. The molecule has 0 unspecified atom stereocenters. The molecule has 0 saturated carbocycles. The van der Waals surface area contributed by atoms with E-state index in [1.165, 1.54) is 30.6 Å². The van der Waals surface area contributed by atoms with E-state index in [2.05, 4.69) is 0 Å². The molecular weight excluding hydrogens is 357 g/mol. The standard InChI is InChI=1S/C16H17Cl2NO3S/c1-4-11-7-5-6-8-12(11)19(2)23(20,21)14-10-9-13(22-3)15(17)16(14)18/h5-10H,4H2,1-3H3. The average molecular weight is 374 g/mol. The van der Waals surface area contributed by atoms with Crippen molar-refractivity contribution in [3.05, 3.63) is 52.0 Å². The molecule has 7 heteroatoms. The maximum Gasteiger partial charge on any atom is 0.265 e. The van der Waals surface area contributed by atoms with Crippen molar-refractivity contribution in [2.45, 2.75) is 18.2 Å². The summed E-state index contributed by atoms with van der Waals surface area (Å²) in [5.41, 5.74) is 1.53. The normalized spacial score (nSPS) is 11.3. The van der Waals surface area contributed by atoms with Crippen LogP contribution in [0.4, 0.5) is 5.69 Å². The Balaban J connectivity index is 2.56. The summed E-state index contributed by atoms with van der Waals surface area (Å²) in [5.74, 6) is 0.326. The second kappa shape index (κ2) is 6.99. The Morgan fingerprint density at radius 1 is 1.09 bits per heavy atom. The van der Waals surface area contributed by atoms with Crippen LogP contribution in [0.15, 0.2) is 41.3 Å². The minimum Gasteiger partial charge on any atom is -0.495 e. The van der Waals surface area contributed by atoms with Crippen LogP contribution in [-0.2, 0) is 16.4 Å². The molecule has 4 nitrogen and oxygen atoms in total. The van der Waals surface area contributed by atoms with Crippen LogP contribution in [0.5, 0.6) is 5.75 Å². The molecule has 0 fully saturated rings. The van der Waals surface area contributed by atoms with Gasteiger partial charge in [-0.15, -0.1) is 0 Å². The predicted molar refractivity (Wildman–Crippen MR) is 94.4 cm³/mol. The van der Waals surface area contributed by atoms with Crippen molar-refractivity contribution < 1.29 is 13.2 Å². The Morgan fingerprint density at radius 3 is 2.35 bits per heavy atom. The monoisotopic (exact) mass is 373 g/mol. The largest absolute Gasteiger partial charge is 0.495 e. The van der Waals surface area contributed by atoms with Gasteiger partial charge in [0.2, 0.25) is 0 Å². The summed E-state index contributed by atoms with van der Waals surface area (Å²) in [6.45, 7) is 1.97. The number of halogens is 2. The minimum atomic E-state index is -3.84. The van der Waals surface area contributed by atoms with E-state index in [1.54, 1.807) is 12.1 Å². The molecule has 0 aromatic heterocycles. The van der Waals surface area contributed by atoms with E-state index in [9.17, 15) is 8.42 Å². The lowest BCUT2D eigenvalue weighted by atomic mass is 10.1. The van der Waals surface area contributed by atoms with Crippen molar-refractivity contribution in [2.24, 2.45) is 0 Å². The zero-order valence-electron chi connectivity index (χ0n) is 13.0. The molecule has 23 heavy (non-hydrogen) atoms. The van der Waals surface area contributed by atoms with Crippen LogP contribution in [0, 0.1) is 0 Å². The number of aryl methyl sites for hydroxylation is 1. The first-order valence-electron chi connectivity index (χ1n) is 6.93. The van der Waals surface area contributed by atoms with Gasteiger partial charge in [0.15, 0.2) is 0 Å². The van der Waals surface area contributed by atoms with Crippen LogP contribution in [0.2, 0.25) is 10.0 Å². The van der Waals surface area contributed by atoms with E-state index in [1.807, 2.05) is 19.1 Å². The smallest absolute Gasteiger partial charge is 0.265 e. The van der Waals surface area contributed by atoms with E-state index in [0.717, 1.165) is 5.56 Å². The highest BCUT2D eigenvalue weighted by molar-refractivity contribution is 7.93. The molecule has 0 atom stereocenters. The molecule has 2 aromatic rings. The van der Waals surface area contributed by atoms with Crippen LogP contribution in [0.25, 0.3) is 0 Å². The quantitative estimate of drug-likeness (QED) is 0.780. The van der Waals surface area contributed by atoms with Crippen molar-refractivity contribution in [3.8, 4) is 5.75 Å². The van der Waals surface area contributed by atoms with Gasteiger partial charge in [-0.25, -0.2) is 8.42 Å². The van der Waals surface area contributed by atoms with Gasteiger partial charge < -0.3 is 4.74 Å². The molecule has 0 bridgehead atoms. The first kappa shape index (κ1) is 17.9. The number of anilines is 1. The summed E-state index contributed by atoms with van der Waals surface area (Å²) in [4.78, 5) is -0.0571. The summed E-state index contributed by atoms with van der Waals surface area (Å²) in [6, 6.07) is 10.2. The van der Waals surface area contributed by atoms with Crippen molar-refractivity contribution in [3.63, 3.8) is 0 Å². The number of ether oxygens (including phenoxy) is 1. The highest BCUT2D eigenvalue weighted by atomic mass is 35.5. The fourth-order valence-electron chi connectivity index (χ4n) is 2.26. The van der Waals surface area contributed by atoms with Gasteiger partial charge in [0, 0.05) is 7.05 Å². The molecule has 0 spiro atoms. The van der Waals surface area contributed by atoms with E-state index in [-0.39, 0.29) is 14.9 Å². The lowest BCUT2D eigenvalue weighted by Gasteiger charge is -2.23. The number of benzene rings is 2. The van der Waals surface area contributed by atoms with Gasteiger partial charge in [-0.1, -0.05) is 48.3 Å². The van der Waals surface area contributed by atoms with Crippen LogP contribution in [0.3, 0.4) is 0 Å². The van der Waals surface area contributed by atoms with Gasteiger partial charge in [-0.3, -0.25) is 4.31 Å². The number of nitrogens with zero attached hydrogens (tertiary/aromatic N) is 1. The molecule has 0 aliphatic heterocycles. The molecule has 0 radical (unpaired) electrons. The van der Waals surface area contributed by atoms with Crippen molar-refractivity contribution >= 4 is 38.9 Å². The molecule has 0 aliphatic rings. The second-order valence-corrected chi connectivity index (χ2v) is 7.54. The molecule has 0 N–H and O–H groups in total. The second-order valence-electron chi connectivity index (χ2n) is 4.85. The zero-order valence-corrected chi connectivity index (χ0v) is 15.3. The van der Waals surface area contributed by atoms with Gasteiger partial charge in [-0.05, 0) is 30.2 Å². The lowest BCUT2D eigenvalue weighted by molar-refractivity contribution is 0.414. The van der Waals surface area contributed by atoms with E-state index in [4.69, 9.17) is 27.9 Å². The number of para-hydroxylation sites is 1. The summed E-state index contributed by atoms with van der Waals surface area (Å²) < 4.78 is 32.1. The fraction of sp³-hybridized carbons (Fsp3) is 0.250. The predicted octanol–water partition coefficient (Wildman–Crippen LogP) is 4.39. The summed E-state index contributed by atoms with van der Waals surface area (Å²) >= 11 is 12.2. The number of hydrogen-bond donors (Lipinski definition) is 0. The van der Waals surface area contributed by atoms with E-state index >= 15 is 0 Å². The molecular formula is C16H17Cl2NO3S. The highest BCUT2D eigenvalue weighted by Gasteiger charge is 2.27. The third kappa shape index (κ3) is 3.27. The third-order valence-corrected chi connectivity index (χ3v) is 6.37. The van der Waals surface area contributed by atoms with Crippen molar-refractivity contribution in [1.82, 2.24) is 0 Å². The molecule has 124 valence electrons. The van der Waals surface area contributed by atoms with Gasteiger partial charge in [0.25, 0.3) is 10.0 Å². The van der Waals surface area contributed by atoms with Gasteiger partial charge in [-0.2, -0.15) is 0 Å². The topological polar surface area (TPSA) is 46.6 Å². The Morgan fingerprint density at radius 2 is 1.74 bits per heavy atom. The first-order chi connectivity index (χ1) is 10.8. The van der Waals surface area contributed by atoms with Crippen LogP contribution < -0.4 is 9.04 Å². The molecule has 0 aliphatic carbocycles. The lowest BCUT2D eigenvalue weighted by Crippen LogP contribution is -2.27. The minimum absolute atomic E-state index is 0.0492. The van der Waals surface area contributed by atoms with Crippen molar-refractivity contribution in [2.75, 3.05) is 18.5 Å². The van der Waals surface area contributed by atoms with Crippen LogP contribution in [-0.4, -0.2) is 22.6 Å². The maximum absolute atomic E-state index is 12.9. The van der Waals surface area contributed by atoms with Gasteiger partial charge >= 0.3 is 0 Å². The van der Waals surface area contributed by atoms with Crippen molar-refractivity contribution in [1.29, 1.82) is 0 Å².